The maximum absolute atomic E-state index is 12.3. The van der Waals surface area contributed by atoms with Crippen LogP contribution in [0.2, 0.25) is 0 Å². The normalized spacial score (nSPS) is 16.9. The fourth-order valence-corrected chi connectivity index (χ4v) is 2.73. The number of halogens is 1. The highest BCUT2D eigenvalue weighted by atomic mass is 35.5. The van der Waals surface area contributed by atoms with Crippen LogP contribution >= 0.6 is 12.4 Å². The molecule has 5 heteroatoms. The molecular weight excluding hydrogens is 276 g/mol. The Kier molecular flexibility index (Phi) is 5.66. The van der Waals surface area contributed by atoms with Gasteiger partial charge in [-0.2, -0.15) is 0 Å². The Morgan fingerprint density at radius 1 is 1.40 bits per heavy atom. The second kappa shape index (κ2) is 6.64. The second-order valence-electron chi connectivity index (χ2n) is 6.44. The summed E-state index contributed by atoms with van der Waals surface area (Å²) in [6, 6.07) is 1.75. The fraction of sp³-hybridized carbons (Fsp3) is 0.667. The molecule has 0 unspecified atom stereocenters. The molecule has 1 fully saturated rings. The number of nitrogens with zero attached hydrogens (tertiary/aromatic N) is 1. The predicted molar refractivity (Wildman–Crippen MR) is 81.9 cm³/mol. The van der Waals surface area contributed by atoms with Gasteiger partial charge in [0.25, 0.3) is 5.91 Å². The van der Waals surface area contributed by atoms with E-state index < -0.39 is 0 Å². The molecular formula is C15H25ClN2O2. The van der Waals surface area contributed by atoms with E-state index in [-0.39, 0.29) is 18.3 Å². The first-order valence-electron chi connectivity index (χ1n) is 6.98. The lowest BCUT2D eigenvalue weighted by Gasteiger charge is -2.38. The molecule has 4 nitrogen and oxygen atoms in total. The van der Waals surface area contributed by atoms with Crippen molar-refractivity contribution in [1.29, 1.82) is 0 Å². The third-order valence-electron chi connectivity index (χ3n) is 4.11. The highest BCUT2D eigenvalue weighted by molar-refractivity contribution is 5.94. The molecule has 2 rings (SSSR count). The van der Waals surface area contributed by atoms with Gasteiger partial charge in [0.15, 0.2) is 0 Å². The molecule has 0 spiro atoms. The molecule has 114 valence electrons. The second-order valence-corrected chi connectivity index (χ2v) is 6.44. The predicted octanol–water partition coefficient (Wildman–Crippen LogP) is 3.06. The Morgan fingerprint density at radius 3 is 2.45 bits per heavy atom. The van der Waals surface area contributed by atoms with E-state index in [1.54, 1.807) is 6.07 Å². The molecule has 2 heterocycles. The first kappa shape index (κ1) is 17.1. The van der Waals surface area contributed by atoms with Crippen molar-refractivity contribution in [3.8, 4) is 0 Å². The minimum absolute atomic E-state index is 0. The molecule has 0 atom stereocenters. The van der Waals surface area contributed by atoms with Crippen LogP contribution in [0, 0.1) is 11.3 Å². The van der Waals surface area contributed by atoms with Crippen molar-refractivity contribution in [3.63, 3.8) is 0 Å². The highest BCUT2D eigenvalue weighted by Gasteiger charge is 2.30. The van der Waals surface area contributed by atoms with Gasteiger partial charge in [-0.1, -0.05) is 20.8 Å². The Labute approximate surface area is 127 Å². The van der Waals surface area contributed by atoms with E-state index in [0.717, 1.165) is 25.9 Å². The number of likely N-dealkylation sites (tertiary alicyclic amines) is 1. The van der Waals surface area contributed by atoms with Crippen molar-refractivity contribution in [2.24, 2.45) is 17.1 Å². The third kappa shape index (κ3) is 3.76. The molecule has 1 aliphatic rings. The molecule has 0 aliphatic carbocycles. The van der Waals surface area contributed by atoms with Crippen molar-refractivity contribution in [2.75, 3.05) is 13.1 Å². The van der Waals surface area contributed by atoms with Gasteiger partial charge in [-0.15, -0.1) is 12.4 Å². The van der Waals surface area contributed by atoms with E-state index in [1.165, 1.54) is 6.26 Å². The third-order valence-corrected chi connectivity index (χ3v) is 4.11. The number of nitrogens with two attached hydrogens (primary N) is 1. The minimum Gasteiger partial charge on any atom is -0.467 e. The summed E-state index contributed by atoms with van der Waals surface area (Å²) in [5, 5.41) is 0. The Morgan fingerprint density at radius 2 is 2.00 bits per heavy atom. The number of carbonyl (C=O) groups excluding carboxylic acids is 1. The topological polar surface area (TPSA) is 59.5 Å². The molecule has 2 N–H and O–H groups in total. The van der Waals surface area contributed by atoms with Crippen molar-refractivity contribution >= 4 is 18.3 Å². The number of furan rings is 1. The highest BCUT2D eigenvalue weighted by Crippen LogP contribution is 2.34. The van der Waals surface area contributed by atoms with Gasteiger partial charge in [-0.25, -0.2) is 0 Å². The molecule has 0 bridgehead atoms. The summed E-state index contributed by atoms with van der Waals surface area (Å²) < 4.78 is 5.23. The lowest BCUT2D eigenvalue weighted by molar-refractivity contribution is 0.0608. The monoisotopic (exact) mass is 300 g/mol. The van der Waals surface area contributed by atoms with Crippen LogP contribution in [-0.4, -0.2) is 23.9 Å². The van der Waals surface area contributed by atoms with Gasteiger partial charge < -0.3 is 15.1 Å². The first-order chi connectivity index (χ1) is 8.91. The largest absolute Gasteiger partial charge is 0.467 e. The van der Waals surface area contributed by atoms with Crippen LogP contribution < -0.4 is 5.73 Å². The SMILES string of the molecule is CC(C)(C)C1CCN(C(=O)c2coc(CN)c2)CC1.Cl. The average molecular weight is 301 g/mol. The van der Waals surface area contributed by atoms with Gasteiger partial charge in [0.1, 0.15) is 12.0 Å². The van der Waals surface area contributed by atoms with Gasteiger partial charge in [-0.05, 0) is 30.2 Å². The summed E-state index contributed by atoms with van der Waals surface area (Å²) in [5.41, 5.74) is 6.44. The summed E-state index contributed by atoms with van der Waals surface area (Å²) in [6.07, 6.45) is 3.67. The Balaban J connectivity index is 0.00000200. The van der Waals surface area contributed by atoms with Crippen molar-refractivity contribution < 1.29 is 9.21 Å². The van der Waals surface area contributed by atoms with Gasteiger partial charge in [0.05, 0.1) is 12.1 Å². The summed E-state index contributed by atoms with van der Waals surface area (Å²) in [7, 11) is 0. The zero-order chi connectivity index (χ0) is 14.0. The molecule has 1 saturated heterocycles. The maximum atomic E-state index is 12.3. The zero-order valence-corrected chi connectivity index (χ0v) is 13.3. The number of amides is 1. The van der Waals surface area contributed by atoms with E-state index in [4.69, 9.17) is 10.2 Å². The van der Waals surface area contributed by atoms with E-state index in [1.807, 2.05) is 4.90 Å². The molecule has 1 aromatic heterocycles. The molecule has 0 radical (unpaired) electrons. The smallest absolute Gasteiger partial charge is 0.257 e. The number of hydrogen-bond acceptors (Lipinski definition) is 3. The summed E-state index contributed by atoms with van der Waals surface area (Å²) in [4.78, 5) is 14.2. The lowest BCUT2D eigenvalue weighted by atomic mass is 9.75. The zero-order valence-electron chi connectivity index (χ0n) is 12.5. The van der Waals surface area contributed by atoms with E-state index in [0.29, 0.717) is 29.2 Å². The van der Waals surface area contributed by atoms with Crippen LogP contribution in [-0.2, 0) is 6.54 Å². The van der Waals surface area contributed by atoms with E-state index >= 15 is 0 Å². The van der Waals surface area contributed by atoms with Crippen molar-refractivity contribution in [2.45, 2.75) is 40.2 Å². The lowest BCUT2D eigenvalue weighted by Crippen LogP contribution is -2.41. The molecule has 1 aliphatic heterocycles. The molecule has 0 aromatic carbocycles. The summed E-state index contributed by atoms with van der Waals surface area (Å²) in [5.74, 6) is 1.42. The van der Waals surface area contributed by atoms with Crippen LogP contribution in [0.4, 0.5) is 0 Å². The number of piperidine rings is 1. The maximum Gasteiger partial charge on any atom is 0.257 e. The molecule has 1 amide bonds. The van der Waals surface area contributed by atoms with Crippen LogP contribution in [0.5, 0.6) is 0 Å². The van der Waals surface area contributed by atoms with Gasteiger partial charge in [0.2, 0.25) is 0 Å². The quantitative estimate of drug-likeness (QED) is 0.913. The first-order valence-corrected chi connectivity index (χ1v) is 6.98. The Hall–Kier alpha value is -1.00. The van der Waals surface area contributed by atoms with Gasteiger partial charge >= 0.3 is 0 Å². The number of rotatable bonds is 2. The minimum atomic E-state index is 0. The summed E-state index contributed by atoms with van der Waals surface area (Å²) >= 11 is 0. The molecule has 1 aromatic rings. The van der Waals surface area contributed by atoms with E-state index in [2.05, 4.69) is 20.8 Å². The number of hydrogen-bond donors (Lipinski definition) is 1. The van der Waals surface area contributed by atoms with Crippen molar-refractivity contribution in [1.82, 2.24) is 4.90 Å². The van der Waals surface area contributed by atoms with Gasteiger partial charge in [0, 0.05) is 13.1 Å². The Bertz CT molecular complexity index is 443. The van der Waals surface area contributed by atoms with Crippen LogP contribution in [0.25, 0.3) is 0 Å². The standard InChI is InChI=1S/C15H24N2O2.ClH/c1-15(2,3)12-4-6-17(7-5-12)14(18)11-8-13(9-16)19-10-11;/h8,10,12H,4-7,9,16H2,1-3H3;1H. The molecule has 20 heavy (non-hydrogen) atoms. The van der Waals surface area contributed by atoms with Crippen LogP contribution in [0.3, 0.4) is 0 Å². The molecule has 0 saturated carbocycles. The number of carbonyl (C=O) groups is 1. The fourth-order valence-electron chi connectivity index (χ4n) is 2.73. The van der Waals surface area contributed by atoms with Gasteiger partial charge in [-0.3, -0.25) is 4.79 Å². The summed E-state index contributed by atoms with van der Waals surface area (Å²) in [6.45, 7) is 8.84. The average Bonchev–Trinajstić information content (AvgIpc) is 2.86. The van der Waals surface area contributed by atoms with Crippen LogP contribution in [0.1, 0.15) is 49.7 Å². The van der Waals surface area contributed by atoms with Crippen LogP contribution in [0.15, 0.2) is 16.7 Å². The van der Waals surface area contributed by atoms with Crippen molar-refractivity contribution in [3.05, 3.63) is 23.7 Å². The van der Waals surface area contributed by atoms with E-state index in [9.17, 15) is 4.79 Å².